The molecule has 1 saturated heterocycles. The Bertz CT molecular complexity index is 485. The maximum atomic E-state index is 12.4. The van der Waals surface area contributed by atoms with Gasteiger partial charge in [0.05, 0.1) is 18.8 Å². The number of carbonyl (C=O) groups is 1. The van der Waals surface area contributed by atoms with Gasteiger partial charge in [-0.15, -0.1) is 0 Å². The number of carbonyl (C=O) groups excluding carboxylic acids is 1. The van der Waals surface area contributed by atoms with Gasteiger partial charge in [0.15, 0.2) is 0 Å². The zero-order valence-corrected chi connectivity index (χ0v) is 13.6. The molecule has 2 atom stereocenters. The van der Waals surface area contributed by atoms with Crippen LogP contribution in [0.15, 0.2) is 24.3 Å². The molecule has 1 heterocycles. The first-order valence-corrected chi connectivity index (χ1v) is 7.68. The fourth-order valence-electron chi connectivity index (χ4n) is 2.72. The summed E-state index contributed by atoms with van der Waals surface area (Å²) in [6.45, 7) is 6.48. The predicted molar refractivity (Wildman–Crippen MR) is 84.4 cm³/mol. The highest BCUT2D eigenvalue weighted by Crippen LogP contribution is 2.13. The topological polar surface area (TPSA) is 32.8 Å². The molecular weight excluding hydrogens is 288 g/mol. The van der Waals surface area contributed by atoms with Crippen LogP contribution in [0, 0.1) is 0 Å². The average molecular weight is 311 g/mol. The van der Waals surface area contributed by atoms with Crippen molar-refractivity contribution in [1.82, 2.24) is 9.80 Å². The third-order valence-corrected chi connectivity index (χ3v) is 3.75. The molecule has 1 aromatic carbocycles. The molecule has 0 bridgehead atoms. The van der Waals surface area contributed by atoms with Gasteiger partial charge in [-0.3, -0.25) is 9.69 Å². The SMILES string of the molecule is CC1CN(C(=O)CN(C)Cc2cccc(Cl)c2)CC(C)O1. The summed E-state index contributed by atoms with van der Waals surface area (Å²) in [5, 5.41) is 0.725. The van der Waals surface area contributed by atoms with Crippen molar-refractivity contribution in [2.75, 3.05) is 26.7 Å². The van der Waals surface area contributed by atoms with Crippen LogP contribution in [-0.4, -0.2) is 54.6 Å². The fourth-order valence-corrected chi connectivity index (χ4v) is 2.93. The van der Waals surface area contributed by atoms with Crippen molar-refractivity contribution in [3.8, 4) is 0 Å². The molecule has 0 N–H and O–H groups in total. The van der Waals surface area contributed by atoms with E-state index in [4.69, 9.17) is 16.3 Å². The van der Waals surface area contributed by atoms with Crippen molar-refractivity contribution in [3.63, 3.8) is 0 Å². The molecule has 0 spiro atoms. The van der Waals surface area contributed by atoms with Gasteiger partial charge in [-0.2, -0.15) is 0 Å². The molecule has 0 aromatic heterocycles. The van der Waals surface area contributed by atoms with E-state index in [9.17, 15) is 4.79 Å². The van der Waals surface area contributed by atoms with Crippen LogP contribution in [0.2, 0.25) is 5.02 Å². The molecule has 0 saturated carbocycles. The van der Waals surface area contributed by atoms with Gasteiger partial charge in [-0.25, -0.2) is 0 Å². The lowest BCUT2D eigenvalue weighted by molar-refractivity contribution is -0.144. The number of halogens is 1. The lowest BCUT2D eigenvalue weighted by Gasteiger charge is -2.36. The van der Waals surface area contributed by atoms with Crippen LogP contribution >= 0.6 is 11.6 Å². The third kappa shape index (κ3) is 4.99. The van der Waals surface area contributed by atoms with E-state index in [1.54, 1.807) is 0 Å². The summed E-state index contributed by atoms with van der Waals surface area (Å²) in [7, 11) is 1.95. The minimum atomic E-state index is 0.107. The molecule has 4 nitrogen and oxygen atoms in total. The average Bonchev–Trinajstić information content (AvgIpc) is 2.37. The van der Waals surface area contributed by atoms with E-state index >= 15 is 0 Å². The predicted octanol–water partition coefficient (Wildman–Crippen LogP) is 2.41. The van der Waals surface area contributed by atoms with Crippen molar-refractivity contribution in [2.24, 2.45) is 0 Å². The normalized spacial score (nSPS) is 22.6. The Morgan fingerprint density at radius 2 is 2.05 bits per heavy atom. The van der Waals surface area contributed by atoms with Crippen LogP contribution in [-0.2, 0) is 16.1 Å². The van der Waals surface area contributed by atoms with Gasteiger partial charge in [0.2, 0.25) is 5.91 Å². The second-order valence-corrected chi connectivity index (χ2v) is 6.29. The quantitative estimate of drug-likeness (QED) is 0.856. The fraction of sp³-hybridized carbons (Fsp3) is 0.562. The van der Waals surface area contributed by atoms with Crippen molar-refractivity contribution in [2.45, 2.75) is 32.6 Å². The zero-order chi connectivity index (χ0) is 15.4. The summed E-state index contributed by atoms with van der Waals surface area (Å²) in [4.78, 5) is 16.3. The van der Waals surface area contributed by atoms with E-state index in [-0.39, 0.29) is 18.1 Å². The molecule has 2 rings (SSSR count). The third-order valence-electron chi connectivity index (χ3n) is 3.52. The summed E-state index contributed by atoms with van der Waals surface area (Å²) in [5.41, 5.74) is 1.11. The monoisotopic (exact) mass is 310 g/mol. The summed E-state index contributed by atoms with van der Waals surface area (Å²) in [5.74, 6) is 0.154. The van der Waals surface area contributed by atoms with Crippen molar-refractivity contribution in [3.05, 3.63) is 34.9 Å². The number of hydrogen-bond donors (Lipinski definition) is 0. The highest BCUT2D eigenvalue weighted by atomic mass is 35.5. The maximum Gasteiger partial charge on any atom is 0.236 e. The number of nitrogens with zero attached hydrogens (tertiary/aromatic N) is 2. The largest absolute Gasteiger partial charge is 0.372 e. The number of ether oxygens (including phenoxy) is 1. The first-order chi connectivity index (χ1) is 9.94. The van der Waals surface area contributed by atoms with Gasteiger partial charge in [-0.1, -0.05) is 23.7 Å². The van der Waals surface area contributed by atoms with Crippen molar-refractivity contribution >= 4 is 17.5 Å². The smallest absolute Gasteiger partial charge is 0.236 e. The van der Waals surface area contributed by atoms with Gasteiger partial charge < -0.3 is 9.64 Å². The summed E-state index contributed by atoms with van der Waals surface area (Å²) in [6.07, 6.45) is 0.215. The van der Waals surface area contributed by atoms with E-state index < -0.39 is 0 Å². The Morgan fingerprint density at radius 3 is 2.67 bits per heavy atom. The van der Waals surface area contributed by atoms with Crippen LogP contribution in [0.4, 0.5) is 0 Å². The highest BCUT2D eigenvalue weighted by molar-refractivity contribution is 6.30. The number of rotatable bonds is 4. The number of hydrogen-bond acceptors (Lipinski definition) is 3. The summed E-state index contributed by atoms with van der Waals surface area (Å²) in [6, 6.07) is 7.73. The van der Waals surface area contributed by atoms with Crippen LogP contribution in [0.25, 0.3) is 0 Å². The van der Waals surface area contributed by atoms with E-state index in [0.29, 0.717) is 26.2 Å². The van der Waals surface area contributed by atoms with Crippen LogP contribution in [0.3, 0.4) is 0 Å². The number of amides is 1. The minimum Gasteiger partial charge on any atom is -0.372 e. The second-order valence-electron chi connectivity index (χ2n) is 5.86. The van der Waals surface area contributed by atoms with Crippen LogP contribution in [0.1, 0.15) is 19.4 Å². The van der Waals surface area contributed by atoms with Crippen molar-refractivity contribution in [1.29, 1.82) is 0 Å². The van der Waals surface area contributed by atoms with Crippen LogP contribution < -0.4 is 0 Å². The maximum absolute atomic E-state index is 12.4. The minimum absolute atomic E-state index is 0.107. The molecule has 1 fully saturated rings. The molecule has 21 heavy (non-hydrogen) atoms. The van der Waals surface area contributed by atoms with E-state index in [2.05, 4.69) is 0 Å². The molecule has 1 amide bonds. The Hall–Kier alpha value is -1.10. The molecule has 1 aliphatic rings. The molecule has 0 aliphatic carbocycles. The van der Waals surface area contributed by atoms with Gasteiger partial charge in [0, 0.05) is 24.7 Å². The van der Waals surface area contributed by atoms with Gasteiger partial charge in [-0.05, 0) is 38.6 Å². The van der Waals surface area contributed by atoms with Crippen LogP contribution in [0.5, 0.6) is 0 Å². The van der Waals surface area contributed by atoms with E-state index in [1.807, 2.05) is 55.0 Å². The number of morpholine rings is 1. The Kier molecular flexibility index (Phi) is 5.62. The van der Waals surface area contributed by atoms with Gasteiger partial charge in [0.25, 0.3) is 0 Å². The Morgan fingerprint density at radius 1 is 1.38 bits per heavy atom. The summed E-state index contributed by atoms with van der Waals surface area (Å²) < 4.78 is 5.66. The standard InChI is InChI=1S/C16H23ClN2O2/c1-12-8-19(9-13(2)21-12)16(20)11-18(3)10-14-5-4-6-15(17)7-14/h4-7,12-13H,8-11H2,1-3H3. The summed E-state index contributed by atoms with van der Waals surface area (Å²) >= 11 is 5.98. The lowest BCUT2D eigenvalue weighted by Crippen LogP contribution is -2.50. The first-order valence-electron chi connectivity index (χ1n) is 7.30. The molecular formula is C16H23ClN2O2. The Balaban J connectivity index is 1.87. The molecule has 2 unspecified atom stereocenters. The zero-order valence-electron chi connectivity index (χ0n) is 12.9. The molecule has 5 heteroatoms. The highest BCUT2D eigenvalue weighted by Gasteiger charge is 2.26. The lowest BCUT2D eigenvalue weighted by atomic mass is 10.2. The molecule has 0 radical (unpaired) electrons. The first kappa shape index (κ1) is 16.3. The van der Waals surface area contributed by atoms with Gasteiger partial charge in [0.1, 0.15) is 0 Å². The number of benzene rings is 1. The second kappa shape index (κ2) is 7.25. The van der Waals surface area contributed by atoms with Gasteiger partial charge >= 0.3 is 0 Å². The van der Waals surface area contributed by atoms with Crippen molar-refractivity contribution < 1.29 is 9.53 Å². The molecule has 1 aliphatic heterocycles. The van der Waals surface area contributed by atoms with E-state index in [1.165, 1.54) is 0 Å². The Labute approximate surface area is 131 Å². The molecule has 1 aromatic rings. The molecule has 116 valence electrons. The van der Waals surface area contributed by atoms with E-state index in [0.717, 1.165) is 10.6 Å². The number of likely N-dealkylation sites (N-methyl/N-ethyl adjacent to an activating group) is 1.